The number of likely N-dealkylation sites (N-methyl/N-ethyl adjacent to an activating group) is 1. The Morgan fingerprint density at radius 3 is 2.62 bits per heavy atom. The van der Waals surface area contributed by atoms with E-state index < -0.39 is 0 Å². The number of hydrogen-bond acceptors (Lipinski definition) is 4. The highest BCUT2D eigenvalue weighted by Crippen LogP contribution is 2.12. The molecule has 1 aliphatic heterocycles. The van der Waals surface area contributed by atoms with E-state index in [-0.39, 0.29) is 24.0 Å². The highest BCUT2D eigenvalue weighted by molar-refractivity contribution is 14.0. The maximum atomic E-state index is 5.26. The van der Waals surface area contributed by atoms with Crippen molar-refractivity contribution in [2.75, 3.05) is 60.5 Å². The summed E-state index contributed by atoms with van der Waals surface area (Å²) in [7, 11) is 5.70. The zero-order valence-electron chi connectivity index (χ0n) is 16.3. The number of nitrogens with zero attached hydrogens (tertiary/aromatic N) is 3. The van der Waals surface area contributed by atoms with Crippen molar-refractivity contribution in [2.24, 2.45) is 4.99 Å². The minimum Gasteiger partial charge on any atom is -0.497 e. The van der Waals surface area contributed by atoms with Gasteiger partial charge in [-0.1, -0.05) is 12.1 Å². The fourth-order valence-corrected chi connectivity index (χ4v) is 2.93. The first kappa shape index (κ1) is 23.0. The molecule has 2 rings (SSSR count). The third kappa shape index (κ3) is 8.55. The number of methoxy groups -OCH3 is 1. The smallest absolute Gasteiger partial charge is 0.191 e. The monoisotopic (exact) mass is 475 g/mol. The van der Waals surface area contributed by atoms with Crippen LogP contribution in [0.5, 0.6) is 5.75 Å². The Balaban J connectivity index is 0.00000338. The van der Waals surface area contributed by atoms with E-state index in [1.54, 1.807) is 7.11 Å². The molecule has 0 aromatic heterocycles. The van der Waals surface area contributed by atoms with Crippen LogP contribution in [-0.4, -0.2) is 76.2 Å². The highest BCUT2D eigenvalue weighted by Gasteiger charge is 2.12. The van der Waals surface area contributed by atoms with Gasteiger partial charge in [-0.25, -0.2) is 0 Å². The molecule has 1 heterocycles. The van der Waals surface area contributed by atoms with Crippen LogP contribution in [0, 0.1) is 0 Å². The summed E-state index contributed by atoms with van der Waals surface area (Å²) in [5, 5.41) is 6.74. The number of guanidine groups is 1. The number of hydrogen-bond donors (Lipinski definition) is 2. The van der Waals surface area contributed by atoms with Crippen LogP contribution in [-0.2, 0) is 6.54 Å². The van der Waals surface area contributed by atoms with E-state index in [0.29, 0.717) is 0 Å². The molecule has 1 aromatic carbocycles. The van der Waals surface area contributed by atoms with Crippen molar-refractivity contribution < 1.29 is 4.74 Å². The Morgan fingerprint density at radius 2 is 1.92 bits per heavy atom. The Hall–Kier alpha value is -1.06. The van der Waals surface area contributed by atoms with Crippen molar-refractivity contribution in [1.29, 1.82) is 0 Å². The van der Waals surface area contributed by atoms with Crippen molar-refractivity contribution in [2.45, 2.75) is 19.4 Å². The second-order valence-electron chi connectivity index (χ2n) is 6.56. The number of benzene rings is 1. The molecule has 0 saturated carbocycles. The third-order valence-electron chi connectivity index (χ3n) is 4.61. The average molecular weight is 475 g/mol. The second kappa shape index (κ2) is 13.2. The number of halogens is 1. The number of piperazine rings is 1. The van der Waals surface area contributed by atoms with Crippen molar-refractivity contribution in [3.05, 3.63) is 29.8 Å². The summed E-state index contributed by atoms with van der Waals surface area (Å²) in [6, 6.07) is 8.08. The summed E-state index contributed by atoms with van der Waals surface area (Å²) in [6.45, 7) is 7.68. The molecule has 0 aliphatic carbocycles. The normalized spacial score (nSPS) is 16.0. The molecular formula is C19H34IN5O. The maximum Gasteiger partial charge on any atom is 0.191 e. The van der Waals surface area contributed by atoms with Crippen LogP contribution >= 0.6 is 24.0 Å². The average Bonchev–Trinajstić information content (AvgIpc) is 2.65. The molecule has 0 spiro atoms. The predicted octanol–water partition coefficient (Wildman–Crippen LogP) is 2.01. The van der Waals surface area contributed by atoms with Gasteiger partial charge in [0.1, 0.15) is 5.75 Å². The number of ether oxygens (including phenoxy) is 1. The summed E-state index contributed by atoms with van der Waals surface area (Å²) < 4.78 is 5.26. The third-order valence-corrected chi connectivity index (χ3v) is 4.61. The SMILES string of the molecule is CN=C(NCCCCN1CCN(C)CC1)NCc1cccc(OC)c1.I. The number of aliphatic imine (C=N–C) groups is 1. The van der Waals surface area contributed by atoms with Gasteiger partial charge in [0.2, 0.25) is 0 Å². The van der Waals surface area contributed by atoms with Crippen LogP contribution in [0.2, 0.25) is 0 Å². The van der Waals surface area contributed by atoms with E-state index in [2.05, 4.69) is 38.5 Å². The maximum absolute atomic E-state index is 5.26. The summed E-state index contributed by atoms with van der Waals surface area (Å²) in [5.74, 6) is 1.73. The first-order valence-electron chi connectivity index (χ1n) is 9.19. The Morgan fingerprint density at radius 1 is 1.15 bits per heavy atom. The van der Waals surface area contributed by atoms with Crippen LogP contribution in [0.3, 0.4) is 0 Å². The molecule has 6 nitrogen and oxygen atoms in total. The highest BCUT2D eigenvalue weighted by atomic mass is 127. The number of unbranched alkanes of at least 4 members (excludes halogenated alkanes) is 1. The van der Waals surface area contributed by atoms with Gasteiger partial charge in [-0.05, 0) is 44.1 Å². The minimum atomic E-state index is 0. The van der Waals surface area contributed by atoms with Gasteiger partial charge in [0.25, 0.3) is 0 Å². The first-order chi connectivity index (χ1) is 12.2. The summed E-state index contributed by atoms with van der Waals surface area (Å²) in [4.78, 5) is 9.25. The molecule has 0 radical (unpaired) electrons. The van der Waals surface area contributed by atoms with Crippen LogP contribution in [0.4, 0.5) is 0 Å². The second-order valence-corrected chi connectivity index (χ2v) is 6.56. The largest absolute Gasteiger partial charge is 0.497 e. The molecule has 1 fully saturated rings. The summed E-state index contributed by atoms with van der Waals surface area (Å²) in [6.07, 6.45) is 2.38. The van der Waals surface area contributed by atoms with E-state index >= 15 is 0 Å². The van der Waals surface area contributed by atoms with Gasteiger partial charge in [0, 0.05) is 46.3 Å². The first-order valence-corrected chi connectivity index (χ1v) is 9.19. The van der Waals surface area contributed by atoms with E-state index in [1.807, 2.05) is 25.2 Å². The van der Waals surface area contributed by atoms with Gasteiger partial charge in [-0.15, -0.1) is 24.0 Å². The number of nitrogens with one attached hydrogen (secondary N) is 2. The van der Waals surface area contributed by atoms with Crippen LogP contribution < -0.4 is 15.4 Å². The van der Waals surface area contributed by atoms with E-state index in [4.69, 9.17) is 4.74 Å². The lowest BCUT2D eigenvalue weighted by molar-refractivity contribution is 0.152. The molecule has 2 N–H and O–H groups in total. The molecule has 1 saturated heterocycles. The zero-order valence-corrected chi connectivity index (χ0v) is 18.7. The van der Waals surface area contributed by atoms with E-state index in [1.165, 1.54) is 44.7 Å². The van der Waals surface area contributed by atoms with Crippen LogP contribution in [0.15, 0.2) is 29.3 Å². The lowest BCUT2D eigenvalue weighted by Gasteiger charge is -2.32. The Bertz CT molecular complexity index is 532. The van der Waals surface area contributed by atoms with Gasteiger partial charge in [-0.2, -0.15) is 0 Å². The molecular weight excluding hydrogens is 441 g/mol. The molecule has 1 aliphatic rings. The van der Waals surface area contributed by atoms with Gasteiger partial charge in [-0.3, -0.25) is 4.99 Å². The number of rotatable bonds is 8. The Kier molecular flexibility index (Phi) is 11.6. The standard InChI is InChI=1S/C19H33N5O.HI/c1-20-19(22-16-17-7-6-8-18(15-17)25-3)21-9-4-5-10-24-13-11-23(2)12-14-24;/h6-8,15H,4-5,9-14,16H2,1-3H3,(H2,20,21,22);1H. The van der Waals surface area contributed by atoms with Gasteiger partial charge >= 0.3 is 0 Å². The van der Waals surface area contributed by atoms with E-state index in [0.717, 1.165) is 31.2 Å². The molecule has 0 amide bonds. The van der Waals surface area contributed by atoms with Gasteiger partial charge in [0.15, 0.2) is 5.96 Å². The van der Waals surface area contributed by atoms with Gasteiger partial charge < -0.3 is 25.2 Å². The quantitative estimate of drug-likeness (QED) is 0.261. The molecule has 148 valence electrons. The zero-order chi connectivity index (χ0) is 17.9. The van der Waals surface area contributed by atoms with Crippen molar-refractivity contribution in [3.63, 3.8) is 0 Å². The predicted molar refractivity (Wildman–Crippen MR) is 120 cm³/mol. The van der Waals surface area contributed by atoms with Crippen molar-refractivity contribution >= 4 is 29.9 Å². The van der Waals surface area contributed by atoms with Crippen LogP contribution in [0.25, 0.3) is 0 Å². The molecule has 0 atom stereocenters. The van der Waals surface area contributed by atoms with Crippen LogP contribution in [0.1, 0.15) is 18.4 Å². The van der Waals surface area contributed by atoms with Crippen molar-refractivity contribution in [1.82, 2.24) is 20.4 Å². The molecule has 26 heavy (non-hydrogen) atoms. The summed E-state index contributed by atoms with van der Waals surface area (Å²) in [5.41, 5.74) is 1.18. The molecule has 7 heteroatoms. The fraction of sp³-hybridized carbons (Fsp3) is 0.632. The topological polar surface area (TPSA) is 52.1 Å². The molecule has 0 unspecified atom stereocenters. The molecule has 0 bridgehead atoms. The summed E-state index contributed by atoms with van der Waals surface area (Å²) >= 11 is 0. The Labute approximate surface area is 175 Å². The van der Waals surface area contributed by atoms with Gasteiger partial charge in [0.05, 0.1) is 7.11 Å². The molecule has 1 aromatic rings. The lowest BCUT2D eigenvalue weighted by atomic mass is 10.2. The fourth-order valence-electron chi connectivity index (χ4n) is 2.93. The van der Waals surface area contributed by atoms with E-state index in [9.17, 15) is 0 Å². The van der Waals surface area contributed by atoms with Crippen molar-refractivity contribution in [3.8, 4) is 5.75 Å². The minimum absolute atomic E-state index is 0. The lowest BCUT2D eigenvalue weighted by Crippen LogP contribution is -2.44.